The van der Waals surface area contributed by atoms with Crippen molar-refractivity contribution in [3.63, 3.8) is 0 Å². The van der Waals surface area contributed by atoms with E-state index in [0.29, 0.717) is 11.1 Å². The molecule has 0 saturated carbocycles. The standard InChI is InChI=1S/C12H16FNO.ClH/c1-12(2,3)11(15)8-4-5-9(7-14)10(13)6-8;/h4-6H,7,14H2,1-3H3;1H. The van der Waals surface area contributed by atoms with Gasteiger partial charge in [0.2, 0.25) is 0 Å². The van der Waals surface area contributed by atoms with E-state index in [9.17, 15) is 9.18 Å². The molecular formula is C12H17ClFNO. The van der Waals surface area contributed by atoms with E-state index in [-0.39, 0.29) is 24.7 Å². The van der Waals surface area contributed by atoms with E-state index in [4.69, 9.17) is 5.73 Å². The van der Waals surface area contributed by atoms with Crippen LogP contribution in [0.15, 0.2) is 18.2 Å². The molecule has 0 aliphatic rings. The van der Waals surface area contributed by atoms with Crippen LogP contribution in [0.4, 0.5) is 4.39 Å². The Morgan fingerprint density at radius 2 is 1.94 bits per heavy atom. The largest absolute Gasteiger partial charge is 0.326 e. The average Bonchev–Trinajstić information content (AvgIpc) is 2.15. The van der Waals surface area contributed by atoms with Crippen LogP contribution in [0.2, 0.25) is 0 Å². The van der Waals surface area contributed by atoms with Crippen LogP contribution >= 0.6 is 12.4 Å². The number of hydrogen-bond acceptors (Lipinski definition) is 2. The van der Waals surface area contributed by atoms with Gasteiger partial charge < -0.3 is 5.73 Å². The van der Waals surface area contributed by atoms with E-state index in [1.54, 1.807) is 12.1 Å². The molecule has 0 atom stereocenters. The Morgan fingerprint density at radius 1 is 1.38 bits per heavy atom. The smallest absolute Gasteiger partial charge is 0.168 e. The molecule has 0 aliphatic carbocycles. The maximum atomic E-state index is 13.4. The number of benzene rings is 1. The molecule has 0 radical (unpaired) electrons. The molecule has 16 heavy (non-hydrogen) atoms. The molecule has 0 amide bonds. The highest BCUT2D eigenvalue weighted by Gasteiger charge is 2.23. The third kappa shape index (κ3) is 3.29. The Kier molecular flexibility index (Phi) is 5.10. The summed E-state index contributed by atoms with van der Waals surface area (Å²) in [6, 6.07) is 4.45. The molecule has 0 spiro atoms. The number of hydrogen-bond donors (Lipinski definition) is 1. The molecular weight excluding hydrogens is 229 g/mol. The monoisotopic (exact) mass is 245 g/mol. The first-order valence-electron chi connectivity index (χ1n) is 4.89. The van der Waals surface area contributed by atoms with E-state index in [1.165, 1.54) is 6.07 Å². The summed E-state index contributed by atoms with van der Waals surface area (Å²) < 4.78 is 13.4. The lowest BCUT2D eigenvalue weighted by Crippen LogP contribution is -2.20. The highest BCUT2D eigenvalue weighted by Crippen LogP contribution is 2.22. The maximum Gasteiger partial charge on any atom is 0.168 e. The number of nitrogens with two attached hydrogens (primary N) is 1. The minimum Gasteiger partial charge on any atom is -0.326 e. The van der Waals surface area contributed by atoms with E-state index < -0.39 is 11.2 Å². The van der Waals surface area contributed by atoms with Gasteiger partial charge in [0.25, 0.3) is 0 Å². The Hall–Kier alpha value is -0.930. The predicted molar refractivity (Wildman–Crippen MR) is 65.3 cm³/mol. The predicted octanol–water partition coefficient (Wildman–Crippen LogP) is 2.94. The summed E-state index contributed by atoms with van der Waals surface area (Å²) in [6.45, 7) is 5.58. The number of halogens is 2. The first-order chi connectivity index (χ1) is 6.86. The van der Waals surface area contributed by atoms with E-state index in [1.807, 2.05) is 20.8 Å². The summed E-state index contributed by atoms with van der Waals surface area (Å²) in [7, 11) is 0. The van der Waals surface area contributed by atoms with Gasteiger partial charge in [0.05, 0.1) is 0 Å². The molecule has 0 heterocycles. The number of rotatable bonds is 2. The molecule has 1 aromatic carbocycles. The van der Waals surface area contributed by atoms with Gasteiger partial charge in [-0.1, -0.05) is 32.9 Å². The second-order valence-corrected chi connectivity index (χ2v) is 4.59. The van der Waals surface area contributed by atoms with Crippen molar-refractivity contribution in [1.82, 2.24) is 0 Å². The zero-order valence-electron chi connectivity index (χ0n) is 9.71. The molecule has 90 valence electrons. The lowest BCUT2D eigenvalue weighted by atomic mass is 9.86. The molecule has 0 bridgehead atoms. The third-order valence-electron chi connectivity index (χ3n) is 2.22. The summed E-state index contributed by atoms with van der Waals surface area (Å²) in [5, 5.41) is 0. The van der Waals surface area contributed by atoms with Crippen LogP contribution in [0.5, 0.6) is 0 Å². The van der Waals surface area contributed by atoms with Crippen LogP contribution in [-0.2, 0) is 6.54 Å². The van der Waals surface area contributed by atoms with Crippen molar-refractivity contribution in [2.75, 3.05) is 0 Å². The highest BCUT2D eigenvalue weighted by molar-refractivity contribution is 5.99. The fourth-order valence-electron chi connectivity index (χ4n) is 1.29. The van der Waals surface area contributed by atoms with Crippen LogP contribution in [0.3, 0.4) is 0 Å². The Balaban J connectivity index is 0.00000225. The summed E-state index contributed by atoms with van der Waals surface area (Å²) in [4.78, 5) is 11.8. The summed E-state index contributed by atoms with van der Waals surface area (Å²) in [5.74, 6) is -0.474. The lowest BCUT2D eigenvalue weighted by Gasteiger charge is -2.16. The average molecular weight is 246 g/mol. The van der Waals surface area contributed by atoms with Gasteiger partial charge in [-0.15, -0.1) is 12.4 Å². The molecule has 0 fully saturated rings. The summed E-state index contributed by atoms with van der Waals surface area (Å²) in [5.41, 5.74) is 5.68. The summed E-state index contributed by atoms with van der Waals surface area (Å²) >= 11 is 0. The van der Waals surface area contributed by atoms with E-state index >= 15 is 0 Å². The number of carbonyl (C=O) groups is 1. The summed E-state index contributed by atoms with van der Waals surface area (Å²) in [6.07, 6.45) is 0. The second-order valence-electron chi connectivity index (χ2n) is 4.59. The zero-order valence-corrected chi connectivity index (χ0v) is 10.5. The van der Waals surface area contributed by atoms with Crippen molar-refractivity contribution in [2.24, 2.45) is 11.1 Å². The normalized spacial score (nSPS) is 10.8. The third-order valence-corrected chi connectivity index (χ3v) is 2.22. The number of ketones is 1. The number of carbonyl (C=O) groups excluding carboxylic acids is 1. The van der Waals surface area contributed by atoms with Crippen LogP contribution in [-0.4, -0.2) is 5.78 Å². The van der Waals surface area contributed by atoms with Crippen molar-refractivity contribution in [3.8, 4) is 0 Å². The van der Waals surface area contributed by atoms with Crippen LogP contribution in [0.25, 0.3) is 0 Å². The van der Waals surface area contributed by atoms with Gasteiger partial charge >= 0.3 is 0 Å². The first-order valence-corrected chi connectivity index (χ1v) is 4.89. The van der Waals surface area contributed by atoms with Gasteiger partial charge in [-0.2, -0.15) is 0 Å². The van der Waals surface area contributed by atoms with Gasteiger partial charge in [-0.3, -0.25) is 4.79 Å². The van der Waals surface area contributed by atoms with Crippen LogP contribution < -0.4 is 5.73 Å². The zero-order chi connectivity index (χ0) is 11.6. The topological polar surface area (TPSA) is 43.1 Å². The fourth-order valence-corrected chi connectivity index (χ4v) is 1.29. The minimum absolute atomic E-state index is 0. The van der Waals surface area contributed by atoms with Crippen molar-refractivity contribution < 1.29 is 9.18 Å². The van der Waals surface area contributed by atoms with Crippen molar-refractivity contribution in [3.05, 3.63) is 35.1 Å². The van der Waals surface area contributed by atoms with E-state index in [2.05, 4.69) is 0 Å². The Morgan fingerprint density at radius 3 is 2.31 bits per heavy atom. The van der Waals surface area contributed by atoms with Crippen molar-refractivity contribution in [1.29, 1.82) is 0 Å². The Bertz CT molecular complexity index is 385. The molecule has 0 saturated heterocycles. The van der Waals surface area contributed by atoms with Crippen LogP contribution in [0.1, 0.15) is 36.7 Å². The van der Waals surface area contributed by atoms with E-state index in [0.717, 1.165) is 0 Å². The van der Waals surface area contributed by atoms with Gasteiger partial charge in [0, 0.05) is 23.1 Å². The first kappa shape index (κ1) is 15.1. The molecule has 4 heteroatoms. The molecule has 0 unspecified atom stereocenters. The second kappa shape index (κ2) is 5.41. The SMILES string of the molecule is CC(C)(C)C(=O)c1ccc(CN)c(F)c1.Cl. The molecule has 0 aromatic heterocycles. The minimum atomic E-state index is -0.489. The molecule has 1 aromatic rings. The molecule has 0 aliphatic heterocycles. The maximum absolute atomic E-state index is 13.4. The lowest BCUT2D eigenvalue weighted by molar-refractivity contribution is 0.0858. The fraction of sp³-hybridized carbons (Fsp3) is 0.417. The van der Waals surface area contributed by atoms with Crippen LogP contribution in [0, 0.1) is 11.2 Å². The van der Waals surface area contributed by atoms with Gasteiger partial charge in [-0.05, 0) is 6.07 Å². The van der Waals surface area contributed by atoms with Crippen molar-refractivity contribution >= 4 is 18.2 Å². The van der Waals surface area contributed by atoms with Gasteiger partial charge in [0.1, 0.15) is 5.82 Å². The molecule has 2 N–H and O–H groups in total. The van der Waals surface area contributed by atoms with Gasteiger partial charge in [-0.25, -0.2) is 4.39 Å². The van der Waals surface area contributed by atoms with Gasteiger partial charge in [0.15, 0.2) is 5.78 Å². The quantitative estimate of drug-likeness (QED) is 0.814. The van der Waals surface area contributed by atoms with Crippen molar-refractivity contribution in [2.45, 2.75) is 27.3 Å². The number of Topliss-reactive ketones (excluding diaryl/α,β-unsaturated/α-hetero) is 1. The Labute approximate surface area is 101 Å². The molecule has 2 nitrogen and oxygen atoms in total. The highest BCUT2D eigenvalue weighted by atomic mass is 35.5. The molecule has 1 rings (SSSR count).